The van der Waals surface area contributed by atoms with Crippen molar-refractivity contribution in [3.8, 4) is 0 Å². The summed E-state index contributed by atoms with van der Waals surface area (Å²) in [5.41, 5.74) is 0. The molecule has 0 aromatic rings. The fraction of sp³-hybridized carbons (Fsp3) is 0.775. The molecule has 57 heavy (non-hydrogen) atoms. The molecular formula is C40H71N7O10. The van der Waals surface area contributed by atoms with Crippen LogP contribution >= 0.6 is 0 Å². The largest absolute Gasteiger partial charge is 0.480 e. The van der Waals surface area contributed by atoms with E-state index in [2.05, 4.69) is 27.8 Å². The molecule has 6 amide bonds. The molecule has 17 nitrogen and oxygen atoms in total. The third-order valence-corrected chi connectivity index (χ3v) is 11.2. The minimum absolute atomic E-state index is 0.0550. The number of hydrogen-bond donors (Lipinski definition) is 7. The molecule has 11 atom stereocenters. The van der Waals surface area contributed by atoms with Crippen molar-refractivity contribution in [2.75, 3.05) is 27.7 Å². The van der Waals surface area contributed by atoms with Crippen molar-refractivity contribution in [2.24, 2.45) is 23.7 Å². The molecule has 0 spiro atoms. The maximum atomic E-state index is 14.2. The number of allylic oxidation sites excluding steroid dienone is 1. The maximum Gasteiger partial charge on any atom is 0.326 e. The van der Waals surface area contributed by atoms with Gasteiger partial charge < -0.3 is 51.3 Å². The monoisotopic (exact) mass is 810 g/mol. The van der Waals surface area contributed by atoms with Gasteiger partial charge in [0.1, 0.15) is 36.3 Å². The van der Waals surface area contributed by atoms with Crippen molar-refractivity contribution in [1.29, 1.82) is 0 Å². The van der Waals surface area contributed by atoms with Crippen molar-refractivity contribution < 1.29 is 48.9 Å². The lowest BCUT2D eigenvalue weighted by molar-refractivity contribution is -0.153. The van der Waals surface area contributed by atoms with Crippen molar-refractivity contribution in [3.63, 3.8) is 0 Å². The highest BCUT2D eigenvalue weighted by Gasteiger charge is 2.42. The van der Waals surface area contributed by atoms with Gasteiger partial charge in [-0.25, -0.2) is 4.79 Å². The fourth-order valence-electron chi connectivity index (χ4n) is 6.43. The average molecular weight is 810 g/mol. The second kappa shape index (κ2) is 23.3. The van der Waals surface area contributed by atoms with Gasteiger partial charge in [0.2, 0.25) is 35.4 Å². The molecule has 1 rings (SSSR count). The molecule has 1 heterocycles. The van der Waals surface area contributed by atoms with Gasteiger partial charge >= 0.3 is 5.97 Å². The van der Waals surface area contributed by atoms with Crippen molar-refractivity contribution >= 4 is 41.4 Å². The van der Waals surface area contributed by atoms with Crippen LogP contribution in [0.2, 0.25) is 0 Å². The molecule has 0 radical (unpaired) electrons. The van der Waals surface area contributed by atoms with Gasteiger partial charge in [0, 0.05) is 21.1 Å². The van der Waals surface area contributed by atoms with E-state index in [0.29, 0.717) is 19.4 Å². The van der Waals surface area contributed by atoms with Gasteiger partial charge in [-0.15, -0.1) is 6.58 Å². The number of amides is 6. The number of piperidine rings is 1. The lowest BCUT2D eigenvalue weighted by Gasteiger charge is -2.38. The van der Waals surface area contributed by atoms with Crippen LogP contribution in [0.4, 0.5) is 0 Å². The molecule has 17 heteroatoms. The zero-order valence-electron chi connectivity index (χ0n) is 36.1. The van der Waals surface area contributed by atoms with E-state index >= 15 is 0 Å². The molecule has 326 valence electrons. The molecule has 0 saturated carbocycles. The number of aliphatic carboxylic acids is 1. The summed E-state index contributed by atoms with van der Waals surface area (Å²) in [6, 6.07) is -8.28. The van der Waals surface area contributed by atoms with E-state index in [1.165, 1.54) is 35.0 Å². The topological polar surface area (TPSA) is 238 Å². The molecule has 0 aliphatic carbocycles. The maximum absolute atomic E-state index is 14.2. The Labute approximate surface area is 338 Å². The highest BCUT2D eigenvalue weighted by atomic mass is 16.4. The first-order valence-electron chi connectivity index (χ1n) is 20.1. The second-order valence-electron chi connectivity index (χ2n) is 16.3. The van der Waals surface area contributed by atoms with Gasteiger partial charge in [0.25, 0.3) is 0 Å². The average Bonchev–Trinajstić information content (AvgIpc) is 3.18. The summed E-state index contributed by atoms with van der Waals surface area (Å²) in [6.07, 6.45) is 1.70. The van der Waals surface area contributed by atoms with E-state index in [1.807, 2.05) is 6.92 Å². The number of carboxylic acids is 1. The first-order valence-corrected chi connectivity index (χ1v) is 20.1. The molecule has 1 aliphatic heterocycles. The lowest BCUT2D eigenvalue weighted by atomic mass is 9.94. The fourth-order valence-corrected chi connectivity index (χ4v) is 6.43. The molecule has 1 aliphatic rings. The first kappa shape index (κ1) is 50.9. The number of nitrogens with one attached hydrogen (secondary N) is 4. The zero-order valence-corrected chi connectivity index (χ0v) is 36.1. The van der Waals surface area contributed by atoms with Crippen LogP contribution in [0.3, 0.4) is 0 Å². The predicted molar refractivity (Wildman–Crippen MR) is 215 cm³/mol. The Balaban J connectivity index is 3.42. The summed E-state index contributed by atoms with van der Waals surface area (Å²) < 4.78 is 0. The lowest BCUT2D eigenvalue weighted by Crippen LogP contribution is -2.63. The van der Waals surface area contributed by atoms with Crippen molar-refractivity contribution in [1.82, 2.24) is 36.0 Å². The number of nitrogens with zero attached hydrogens (tertiary/aromatic N) is 3. The summed E-state index contributed by atoms with van der Waals surface area (Å²) in [6.45, 7) is 19.2. The SMILES string of the molecule is C=C[C@H](C)C[C@H](NC(=O)[C@H]([C@@H](O)C(C)C)N(C)C(=O)[C@H](C)N(C)C(=O)C(NC(=O)C(NC(=O)[C@H]1CCCCN1)[C@H](O)C(C)C)[C@@H](C)CC)C(=O)N(C)[C@@H](C)C(=O)O. The van der Waals surface area contributed by atoms with E-state index in [-0.39, 0.29) is 12.3 Å². The van der Waals surface area contributed by atoms with Gasteiger partial charge in [0.05, 0.1) is 18.2 Å². The number of carboxylic acid groups (broad SMARTS) is 1. The number of rotatable bonds is 22. The number of carbonyl (C=O) groups is 7. The first-order chi connectivity index (χ1) is 26.4. The summed E-state index contributed by atoms with van der Waals surface area (Å²) in [5.74, 6) is -7.10. The molecule has 1 fully saturated rings. The van der Waals surface area contributed by atoms with Crippen LogP contribution in [0.15, 0.2) is 12.7 Å². The highest BCUT2D eigenvalue weighted by molar-refractivity contribution is 5.97. The zero-order chi connectivity index (χ0) is 44.1. The van der Waals surface area contributed by atoms with Crippen LogP contribution in [0.5, 0.6) is 0 Å². The van der Waals surface area contributed by atoms with E-state index in [0.717, 1.165) is 27.5 Å². The quantitative estimate of drug-likeness (QED) is 0.0743. The summed E-state index contributed by atoms with van der Waals surface area (Å²) >= 11 is 0. The molecule has 7 N–H and O–H groups in total. The van der Waals surface area contributed by atoms with Gasteiger partial charge in [-0.3, -0.25) is 28.8 Å². The van der Waals surface area contributed by atoms with Crippen LogP contribution in [0.25, 0.3) is 0 Å². The number of likely N-dealkylation sites (N-methyl/N-ethyl adjacent to an activating group) is 3. The van der Waals surface area contributed by atoms with E-state index in [1.54, 1.807) is 47.6 Å². The van der Waals surface area contributed by atoms with Crippen molar-refractivity contribution in [2.45, 2.75) is 149 Å². The van der Waals surface area contributed by atoms with E-state index in [9.17, 15) is 48.9 Å². The third-order valence-electron chi connectivity index (χ3n) is 11.2. The second-order valence-corrected chi connectivity index (χ2v) is 16.3. The number of aliphatic hydroxyl groups excluding tert-OH is 2. The molecule has 0 bridgehead atoms. The summed E-state index contributed by atoms with van der Waals surface area (Å²) in [5, 5.41) is 43.0. The van der Waals surface area contributed by atoms with Crippen LogP contribution in [-0.4, -0.2) is 154 Å². The molecule has 2 unspecified atom stereocenters. The Morgan fingerprint density at radius 2 is 1.30 bits per heavy atom. The minimum atomic E-state index is -1.54. The number of hydrogen-bond acceptors (Lipinski definition) is 10. The van der Waals surface area contributed by atoms with E-state index < -0.39 is 114 Å². The van der Waals surface area contributed by atoms with Gasteiger partial charge in [-0.05, 0) is 63.3 Å². The summed E-state index contributed by atoms with van der Waals surface area (Å²) in [4.78, 5) is 97.5. The normalized spacial score (nSPS) is 19.6. The number of aliphatic hydroxyl groups is 2. The minimum Gasteiger partial charge on any atom is -0.480 e. The van der Waals surface area contributed by atoms with E-state index in [4.69, 9.17) is 0 Å². The molecule has 0 aromatic heterocycles. The molecule has 1 saturated heterocycles. The highest BCUT2D eigenvalue weighted by Crippen LogP contribution is 2.20. The van der Waals surface area contributed by atoms with Gasteiger partial charge in [-0.1, -0.05) is 67.4 Å². The molecule has 0 aromatic carbocycles. The Bertz CT molecular complexity index is 1400. The van der Waals surface area contributed by atoms with Crippen LogP contribution < -0.4 is 21.3 Å². The Kier molecular flexibility index (Phi) is 20.9. The van der Waals surface area contributed by atoms with Gasteiger partial charge in [-0.2, -0.15) is 0 Å². The van der Waals surface area contributed by atoms with Crippen LogP contribution in [0.1, 0.15) is 94.4 Å². The Morgan fingerprint density at radius 1 is 0.737 bits per heavy atom. The molecular weight excluding hydrogens is 738 g/mol. The van der Waals surface area contributed by atoms with Gasteiger partial charge in [0.15, 0.2) is 0 Å². The predicted octanol–water partition coefficient (Wildman–Crippen LogP) is 0.480. The number of carbonyl (C=O) groups excluding carboxylic acids is 6. The summed E-state index contributed by atoms with van der Waals surface area (Å²) in [7, 11) is 3.97. The third kappa shape index (κ3) is 14.1. The Hall–Kier alpha value is -4.09. The van der Waals surface area contributed by atoms with Crippen LogP contribution in [0, 0.1) is 23.7 Å². The standard InChI is InChI=1S/C40H71N7O10/c1-14-23(7)20-28(38(54)46(12)26(10)40(56)57)42-36(52)31(33(49)22(5)6)47(13)37(53)25(9)45(11)39(55)29(24(8)15-2)43-35(51)30(32(48)21(3)4)44-34(50)27-18-16-17-19-41-27/h14,21-33,41,48-49H,1,15-20H2,2-13H3,(H,42,52)(H,43,51)(H,44,50)(H,56,57)/t23-,24-,25-,26-,27+,28-,29?,30?,31-,32+,33-/m0/s1. The Morgan fingerprint density at radius 3 is 1.77 bits per heavy atom. The van der Waals surface area contributed by atoms with Crippen LogP contribution in [-0.2, 0) is 33.6 Å². The smallest absolute Gasteiger partial charge is 0.326 e. The van der Waals surface area contributed by atoms with Crippen molar-refractivity contribution in [3.05, 3.63) is 12.7 Å².